The van der Waals surface area contributed by atoms with Crippen LogP contribution in [0, 0.1) is 0 Å². The van der Waals surface area contributed by atoms with Crippen LogP contribution in [0.5, 0.6) is 0 Å². The summed E-state index contributed by atoms with van der Waals surface area (Å²) in [6.07, 6.45) is 2.60. The van der Waals surface area contributed by atoms with Crippen LogP contribution in [-0.2, 0) is 18.4 Å². The number of carbonyl (C=O) groups is 1. The number of aryl methyl sites for hydroxylation is 2. The molecular formula is C23H23F2N5O2. The van der Waals surface area contributed by atoms with Crippen molar-refractivity contribution < 1.29 is 13.6 Å². The summed E-state index contributed by atoms with van der Waals surface area (Å²) in [5.74, 6) is -0.249. The Hall–Kier alpha value is -3.75. The van der Waals surface area contributed by atoms with Crippen LogP contribution in [0.25, 0.3) is 16.7 Å². The topological polar surface area (TPSA) is 73.8 Å². The third-order valence-electron chi connectivity index (χ3n) is 5.39. The molecule has 0 aliphatic carbocycles. The average Bonchev–Trinajstić information content (AvgIpc) is 3.42. The van der Waals surface area contributed by atoms with E-state index in [4.69, 9.17) is 0 Å². The number of carbonyl (C=O) groups excluding carboxylic acids is 1. The highest BCUT2D eigenvalue weighted by atomic mass is 19.3. The Morgan fingerprint density at radius 3 is 2.50 bits per heavy atom. The Morgan fingerprint density at radius 1 is 1.16 bits per heavy atom. The highest BCUT2D eigenvalue weighted by Gasteiger charge is 2.19. The first-order valence-electron chi connectivity index (χ1n) is 10.2. The van der Waals surface area contributed by atoms with Gasteiger partial charge in [0.2, 0.25) is 5.91 Å². The number of halogens is 2. The fourth-order valence-corrected chi connectivity index (χ4v) is 3.72. The van der Waals surface area contributed by atoms with Gasteiger partial charge in [-0.3, -0.25) is 18.8 Å². The van der Waals surface area contributed by atoms with Gasteiger partial charge in [-0.15, -0.1) is 0 Å². The highest BCUT2D eigenvalue weighted by molar-refractivity contribution is 5.80. The molecule has 4 rings (SSSR count). The molecule has 0 saturated heterocycles. The van der Waals surface area contributed by atoms with Gasteiger partial charge in [0.05, 0.1) is 6.04 Å². The third-order valence-corrected chi connectivity index (χ3v) is 5.39. The average molecular weight is 439 g/mol. The molecule has 0 spiro atoms. The maximum Gasteiger partial charge on any atom is 0.264 e. The van der Waals surface area contributed by atoms with E-state index in [2.05, 4.69) is 10.4 Å². The largest absolute Gasteiger partial charge is 0.350 e. The zero-order valence-electron chi connectivity index (χ0n) is 17.7. The van der Waals surface area contributed by atoms with Crippen LogP contribution >= 0.6 is 0 Å². The van der Waals surface area contributed by atoms with Crippen molar-refractivity contribution in [3.05, 3.63) is 82.5 Å². The zero-order valence-corrected chi connectivity index (χ0v) is 17.7. The summed E-state index contributed by atoms with van der Waals surface area (Å²) in [6.45, 7) is 1.92. The van der Waals surface area contributed by atoms with Crippen LogP contribution in [-0.4, -0.2) is 24.8 Å². The number of aromatic nitrogens is 4. The molecule has 0 fully saturated rings. The number of hydrogen-bond acceptors (Lipinski definition) is 3. The number of pyridine rings is 1. The van der Waals surface area contributed by atoms with Crippen molar-refractivity contribution in [3.63, 3.8) is 0 Å². The Kier molecular flexibility index (Phi) is 5.89. The summed E-state index contributed by atoms with van der Waals surface area (Å²) in [6, 6.07) is 12.4. The van der Waals surface area contributed by atoms with Crippen LogP contribution in [0.15, 0.2) is 65.8 Å². The van der Waals surface area contributed by atoms with Gasteiger partial charge in [-0.25, -0.2) is 8.78 Å². The minimum atomic E-state index is -2.78. The van der Waals surface area contributed by atoms with Crippen LogP contribution in [0.4, 0.5) is 8.78 Å². The SMILES string of the molecule is CC(NC(=O)CCn1c(=O)cc(C(F)F)c2cn(C)nc21)c1ccc(-n2cccc2)cc1. The lowest BCUT2D eigenvalue weighted by atomic mass is 10.1. The van der Waals surface area contributed by atoms with Gasteiger partial charge in [-0.05, 0) is 36.8 Å². The van der Waals surface area contributed by atoms with E-state index in [1.807, 2.05) is 60.3 Å². The number of fused-ring (bicyclic) bond motifs is 1. The normalized spacial score (nSPS) is 12.4. The Balaban J connectivity index is 1.44. The summed E-state index contributed by atoms with van der Waals surface area (Å²) in [5.41, 5.74) is 1.16. The van der Waals surface area contributed by atoms with E-state index in [1.54, 1.807) is 7.05 Å². The van der Waals surface area contributed by atoms with Crippen molar-refractivity contribution in [1.82, 2.24) is 24.2 Å². The van der Waals surface area contributed by atoms with Gasteiger partial charge >= 0.3 is 0 Å². The molecule has 9 heteroatoms. The fourth-order valence-electron chi connectivity index (χ4n) is 3.72. The van der Waals surface area contributed by atoms with E-state index in [-0.39, 0.29) is 41.5 Å². The van der Waals surface area contributed by atoms with Crippen molar-refractivity contribution >= 4 is 16.9 Å². The van der Waals surface area contributed by atoms with Gasteiger partial charge in [-0.1, -0.05) is 12.1 Å². The second-order valence-electron chi connectivity index (χ2n) is 7.65. The Bertz CT molecular complexity index is 1290. The lowest BCUT2D eigenvalue weighted by molar-refractivity contribution is -0.121. The van der Waals surface area contributed by atoms with E-state index in [1.165, 1.54) is 15.4 Å². The number of hydrogen-bond donors (Lipinski definition) is 1. The summed E-state index contributed by atoms with van der Waals surface area (Å²) in [5, 5.41) is 7.27. The van der Waals surface area contributed by atoms with Crippen molar-refractivity contribution in [2.45, 2.75) is 32.4 Å². The third kappa shape index (κ3) is 4.32. The molecular weight excluding hydrogens is 416 g/mol. The molecule has 1 N–H and O–H groups in total. The first-order valence-corrected chi connectivity index (χ1v) is 10.2. The van der Waals surface area contributed by atoms with Crippen LogP contribution in [0.3, 0.4) is 0 Å². The second kappa shape index (κ2) is 8.78. The molecule has 166 valence electrons. The number of amides is 1. The van der Waals surface area contributed by atoms with Crippen molar-refractivity contribution in [2.24, 2.45) is 7.05 Å². The van der Waals surface area contributed by atoms with E-state index in [0.29, 0.717) is 0 Å². The van der Waals surface area contributed by atoms with Crippen LogP contribution < -0.4 is 10.9 Å². The smallest absolute Gasteiger partial charge is 0.264 e. The summed E-state index contributed by atoms with van der Waals surface area (Å²) in [7, 11) is 1.60. The zero-order chi connectivity index (χ0) is 22.8. The standard InChI is InChI=1S/C23H23F2N5O2/c1-15(16-5-7-17(8-6-16)29-10-3-4-11-29)26-20(31)9-12-30-21(32)13-18(22(24)25)19-14-28(2)27-23(19)30/h3-8,10-11,13-15,22H,9,12H2,1-2H3,(H,26,31). The molecule has 32 heavy (non-hydrogen) atoms. The van der Waals surface area contributed by atoms with E-state index in [9.17, 15) is 18.4 Å². The van der Waals surface area contributed by atoms with Crippen molar-refractivity contribution in [3.8, 4) is 5.69 Å². The molecule has 1 amide bonds. The number of nitrogens with one attached hydrogen (secondary N) is 1. The molecule has 0 bridgehead atoms. The monoisotopic (exact) mass is 439 g/mol. The first kappa shape index (κ1) is 21.5. The number of benzene rings is 1. The van der Waals surface area contributed by atoms with Gasteiger partial charge in [0.25, 0.3) is 12.0 Å². The predicted molar refractivity (Wildman–Crippen MR) is 117 cm³/mol. The molecule has 4 aromatic rings. The number of alkyl halides is 2. The quantitative estimate of drug-likeness (QED) is 0.477. The molecule has 0 aliphatic rings. The molecule has 0 saturated carbocycles. The lowest BCUT2D eigenvalue weighted by Gasteiger charge is -2.16. The van der Waals surface area contributed by atoms with E-state index < -0.39 is 12.0 Å². The van der Waals surface area contributed by atoms with E-state index in [0.717, 1.165) is 17.3 Å². The highest BCUT2D eigenvalue weighted by Crippen LogP contribution is 2.25. The van der Waals surface area contributed by atoms with Crippen LogP contribution in [0.1, 0.15) is 36.9 Å². The number of nitrogens with zero attached hydrogens (tertiary/aromatic N) is 4. The predicted octanol–water partition coefficient (Wildman–Crippen LogP) is 3.73. The Labute approximate surface area is 182 Å². The van der Waals surface area contributed by atoms with Gasteiger partial charge in [-0.2, -0.15) is 5.10 Å². The molecule has 0 aliphatic heterocycles. The van der Waals surface area contributed by atoms with Gasteiger partial charge < -0.3 is 9.88 Å². The molecule has 3 aromatic heterocycles. The summed E-state index contributed by atoms with van der Waals surface area (Å²) >= 11 is 0. The minimum Gasteiger partial charge on any atom is -0.350 e. The Morgan fingerprint density at radius 2 is 1.84 bits per heavy atom. The molecule has 0 radical (unpaired) electrons. The maximum atomic E-state index is 13.3. The lowest BCUT2D eigenvalue weighted by Crippen LogP contribution is -2.29. The summed E-state index contributed by atoms with van der Waals surface area (Å²) in [4.78, 5) is 24.9. The van der Waals surface area contributed by atoms with Gasteiger partial charge in [0.15, 0.2) is 5.65 Å². The molecule has 3 heterocycles. The van der Waals surface area contributed by atoms with Crippen molar-refractivity contribution in [2.75, 3.05) is 0 Å². The van der Waals surface area contributed by atoms with Crippen molar-refractivity contribution in [1.29, 1.82) is 0 Å². The molecule has 1 aromatic carbocycles. The second-order valence-corrected chi connectivity index (χ2v) is 7.65. The fraction of sp³-hybridized carbons (Fsp3) is 0.261. The first-order chi connectivity index (χ1) is 15.3. The van der Waals surface area contributed by atoms with Gasteiger partial charge in [0, 0.05) is 61.3 Å². The molecule has 1 atom stereocenters. The maximum absolute atomic E-state index is 13.3. The van der Waals surface area contributed by atoms with Gasteiger partial charge in [0.1, 0.15) is 0 Å². The number of rotatable bonds is 7. The molecule has 7 nitrogen and oxygen atoms in total. The molecule has 1 unspecified atom stereocenters. The minimum absolute atomic E-state index is 0.0192. The summed E-state index contributed by atoms with van der Waals surface area (Å²) < 4.78 is 31.2. The van der Waals surface area contributed by atoms with Crippen LogP contribution in [0.2, 0.25) is 0 Å². The van der Waals surface area contributed by atoms with E-state index >= 15 is 0 Å².